The second kappa shape index (κ2) is 6.36. The molecule has 0 radical (unpaired) electrons. The number of hydrogen-bond donors (Lipinski definition) is 0. The van der Waals surface area contributed by atoms with Gasteiger partial charge in [-0.25, -0.2) is 0 Å². The molecule has 0 aromatic heterocycles. The van der Waals surface area contributed by atoms with Crippen LogP contribution < -0.4 is 66.1 Å². The molecule has 0 spiro atoms. The van der Waals surface area contributed by atoms with E-state index in [0.717, 1.165) is 0 Å². The van der Waals surface area contributed by atoms with Gasteiger partial charge in [0.1, 0.15) is 0 Å². The Balaban J connectivity index is -0.0000000800. The summed E-state index contributed by atoms with van der Waals surface area (Å²) in [5, 5.41) is 0. The van der Waals surface area contributed by atoms with Crippen LogP contribution in [0.1, 0.15) is 0 Å². The minimum Gasteiger partial charge on any atom is -0.822 e. The molecule has 0 unspecified atom stereocenters. The van der Waals surface area contributed by atoms with Gasteiger partial charge in [-0.1, -0.05) is 0 Å². The van der Waals surface area contributed by atoms with Gasteiger partial charge in [0.15, 0.2) is 0 Å². The Bertz CT molecular complexity index is 57.8. The molecular weight excluding hydrogens is 193 g/mol. The average molecular weight is 193 g/mol. The third-order valence-electron chi connectivity index (χ3n) is 0. The van der Waals surface area contributed by atoms with Crippen LogP contribution in [0.15, 0.2) is 0 Å². The van der Waals surface area contributed by atoms with Crippen LogP contribution >= 0.6 is 7.82 Å². The maximum Gasteiger partial charge on any atom is 2.00 e. The molecule has 0 aliphatic carbocycles. The summed E-state index contributed by atoms with van der Waals surface area (Å²) in [4.78, 5) is 25.6. The first-order chi connectivity index (χ1) is 2.00. The maximum atomic E-state index is 8.55. The predicted molar refractivity (Wildman–Crippen MR) is 7.61 cm³/mol. The molecule has 0 heterocycles. The van der Waals surface area contributed by atoms with Crippen molar-refractivity contribution < 1.29 is 87.1 Å². The molecule has 0 saturated heterocycles. The molecule has 0 aromatic rings. The van der Waals surface area contributed by atoms with E-state index in [1.807, 2.05) is 0 Å². The van der Waals surface area contributed by atoms with Gasteiger partial charge >= 0.3 is 67.9 Å². The van der Waals surface area contributed by atoms with E-state index in [1.165, 1.54) is 0 Å². The van der Waals surface area contributed by atoms with Crippen LogP contribution in [0.25, 0.3) is 0 Å². The van der Waals surface area contributed by atoms with Crippen molar-refractivity contribution in [3.63, 3.8) is 0 Å². The molecule has 4 nitrogen and oxygen atoms in total. The van der Waals surface area contributed by atoms with E-state index in [4.69, 9.17) is 19.2 Å². The summed E-state index contributed by atoms with van der Waals surface area (Å²) in [6.07, 6.45) is 0. The molecule has 0 N–H and O–H groups in total. The van der Waals surface area contributed by atoms with E-state index in [2.05, 4.69) is 0 Å². The molecule has 7 heavy (non-hydrogen) atoms. The summed E-state index contributed by atoms with van der Waals surface area (Å²) in [5.74, 6) is 0. The monoisotopic (exact) mass is 192 g/mol. The van der Waals surface area contributed by atoms with Crippen LogP contribution in [-0.2, 0) is 21.1 Å². The molecule has 7 heteroatoms. The Labute approximate surface area is 93.3 Å². The van der Waals surface area contributed by atoms with Crippen molar-refractivity contribution >= 4 is 7.82 Å². The zero-order valence-corrected chi connectivity index (χ0v) is 8.40. The largest absolute Gasteiger partial charge is 2.00 e. The average Bonchev–Trinajstić information content (AvgIpc) is 0.722. The van der Waals surface area contributed by atoms with Gasteiger partial charge in [0.2, 0.25) is 0 Å². The Morgan fingerprint density at radius 1 is 1.14 bits per heavy atom. The summed E-state index contributed by atoms with van der Waals surface area (Å²) in [7, 11) is -5.39. The Kier molecular flexibility index (Phi) is 14.6. The summed E-state index contributed by atoms with van der Waals surface area (Å²) in [6, 6.07) is 0. The molecule has 0 atom stereocenters. The van der Waals surface area contributed by atoms with Crippen molar-refractivity contribution in [1.82, 2.24) is 0 Å². The molecule has 0 aliphatic rings. The molecule has 0 saturated carbocycles. The zero-order chi connectivity index (χ0) is 4.50. The van der Waals surface area contributed by atoms with Crippen LogP contribution in [0.4, 0.5) is 0 Å². The normalized spacial score (nSPS) is 8.43. The van der Waals surface area contributed by atoms with Crippen molar-refractivity contribution in [2.24, 2.45) is 0 Å². The number of rotatable bonds is 0. The van der Waals surface area contributed by atoms with E-state index < -0.39 is 7.82 Å². The quantitative estimate of drug-likeness (QED) is 0.283. The van der Waals surface area contributed by atoms with Gasteiger partial charge < -0.3 is 19.2 Å². The van der Waals surface area contributed by atoms with Crippen LogP contribution in [0, 0.1) is 0 Å². The summed E-state index contributed by atoms with van der Waals surface area (Å²) in [6.45, 7) is 0. The smallest absolute Gasteiger partial charge is 0.822 e. The maximum absolute atomic E-state index is 8.55. The van der Waals surface area contributed by atoms with Crippen LogP contribution in [-0.4, -0.2) is 0 Å². The Morgan fingerprint density at radius 2 is 1.14 bits per heavy atom. The van der Waals surface area contributed by atoms with Gasteiger partial charge in [-0.15, -0.1) is 0 Å². The van der Waals surface area contributed by atoms with Gasteiger partial charge in [0.05, 0.1) is 0 Å². The van der Waals surface area contributed by atoms with Crippen LogP contribution in [0.3, 0.4) is 0 Å². The van der Waals surface area contributed by atoms with Gasteiger partial charge in [-0.2, -0.15) is 7.82 Å². The molecule has 0 aliphatic heterocycles. The molecule has 0 aromatic carbocycles. The zero-order valence-electron chi connectivity index (χ0n) is 3.40. The second-order valence-corrected chi connectivity index (χ2v) is 1.34. The minimum atomic E-state index is -5.39. The topological polar surface area (TPSA) is 86.2 Å². The summed E-state index contributed by atoms with van der Waals surface area (Å²) < 4.78 is 8.55. The fourth-order valence-electron chi connectivity index (χ4n) is 0. The van der Waals surface area contributed by atoms with Gasteiger partial charge in [-0.05, 0) is 0 Å². The SMILES string of the molecule is O=P([O-])([O-])[O-].[K+].[Ni+2]. The Hall–Kier alpha value is 2.24. The van der Waals surface area contributed by atoms with Crippen LogP contribution in [0.2, 0.25) is 0 Å². The van der Waals surface area contributed by atoms with Crippen molar-refractivity contribution in [3.8, 4) is 0 Å². The molecule has 0 fully saturated rings. The molecular formula is KNiO4P. The minimum absolute atomic E-state index is 0. The first-order valence-electron chi connectivity index (χ1n) is 0.730. The van der Waals surface area contributed by atoms with Crippen molar-refractivity contribution in [2.75, 3.05) is 0 Å². The first kappa shape index (κ1) is 16.1. The summed E-state index contributed by atoms with van der Waals surface area (Å²) >= 11 is 0. The third-order valence-corrected chi connectivity index (χ3v) is 0. The number of hydrogen-bond acceptors (Lipinski definition) is 4. The molecule has 0 bridgehead atoms. The van der Waals surface area contributed by atoms with E-state index >= 15 is 0 Å². The van der Waals surface area contributed by atoms with Crippen LogP contribution in [0.5, 0.6) is 0 Å². The number of phosphoric acid groups is 1. The molecule has 0 amide bonds. The van der Waals surface area contributed by atoms with E-state index in [1.54, 1.807) is 0 Å². The van der Waals surface area contributed by atoms with E-state index in [9.17, 15) is 0 Å². The molecule has 0 rings (SSSR count). The predicted octanol–water partition coefficient (Wildman–Crippen LogP) is -5.82. The summed E-state index contributed by atoms with van der Waals surface area (Å²) in [5.41, 5.74) is 0. The second-order valence-electron chi connectivity index (χ2n) is 0.447. The van der Waals surface area contributed by atoms with Crippen molar-refractivity contribution in [1.29, 1.82) is 0 Å². The first-order valence-corrected chi connectivity index (χ1v) is 2.19. The van der Waals surface area contributed by atoms with Crippen molar-refractivity contribution in [2.45, 2.75) is 0 Å². The van der Waals surface area contributed by atoms with Gasteiger partial charge in [0.25, 0.3) is 0 Å². The Morgan fingerprint density at radius 3 is 1.14 bits per heavy atom. The molecule has 40 valence electrons. The van der Waals surface area contributed by atoms with Crippen molar-refractivity contribution in [3.05, 3.63) is 0 Å². The fraction of sp³-hybridized carbons (Fsp3) is 0. The van der Waals surface area contributed by atoms with E-state index in [0.29, 0.717) is 0 Å². The van der Waals surface area contributed by atoms with Gasteiger partial charge in [-0.3, -0.25) is 0 Å². The van der Waals surface area contributed by atoms with E-state index in [-0.39, 0.29) is 67.9 Å². The van der Waals surface area contributed by atoms with Gasteiger partial charge in [0, 0.05) is 0 Å². The standard InChI is InChI=1S/K.Ni.H3O4P/c;;1-5(2,3)4/h;;(H3,1,2,3,4)/q+1;+2;/p-3. The third kappa shape index (κ3) is 63.9. The fourth-order valence-corrected chi connectivity index (χ4v) is 0.